The summed E-state index contributed by atoms with van der Waals surface area (Å²) in [4.78, 5) is 17.8. The van der Waals surface area contributed by atoms with Gasteiger partial charge in [0.25, 0.3) is 0 Å². The molecule has 11 nitrogen and oxygen atoms in total. The molecule has 2 N–H and O–H groups in total. The third-order valence-electron chi connectivity index (χ3n) is 9.56. The minimum absolute atomic E-state index is 0.367. The Hall–Kier alpha value is -3.53. The van der Waals surface area contributed by atoms with Gasteiger partial charge >= 0.3 is 8.25 Å². The fourth-order valence-electron chi connectivity index (χ4n) is 6.92. The average molecular weight is 649 g/mol. The number of anilines is 2. The maximum absolute atomic E-state index is 12.4. The molecule has 4 aromatic rings. The second-order valence-electron chi connectivity index (χ2n) is 12.4. The number of para-hydroxylation sites is 2. The normalized spacial score (nSPS) is 22.4. The predicted octanol–water partition coefficient (Wildman–Crippen LogP) is 7.43. The Morgan fingerprint density at radius 3 is 1.50 bits per heavy atom. The summed E-state index contributed by atoms with van der Waals surface area (Å²) in [5.41, 5.74) is 1.64. The summed E-state index contributed by atoms with van der Waals surface area (Å²) in [5, 5.41) is 9.20. The van der Waals surface area contributed by atoms with E-state index in [0.717, 1.165) is 109 Å². The van der Waals surface area contributed by atoms with Gasteiger partial charge in [0.15, 0.2) is 0 Å². The van der Waals surface area contributed by atoms with Gasteiger partial charge in [-0.2, -0.15) is 0 Å². The Bertz CT molecular complexity index is 1490. The third kappa shape index (κ3) is 8.06. The minimum atomic E-state index is -2.47. The van der Waals surface area contributed by atoms with Crippen LogP contribution < -0.4 is 20.1 Å². The number of hydrogen-bond donors (Lipinski definition) is 2. The molecule has 2 aliphatic carbocycles. The lowest BCUT2D eigenvalue weighted by atomic mass is 9.84. The number of methoxy groups -OCH3 is 2. The van der Waals surface area contributed by atoms with E-state index in [1.54, 1.807) is 26.9 Å². The molecule has 46 heavy (non-hydrogen) atoms. The molecule has 0 bridgehead atoms. The van der Waals surface area contributed by atoms with Gasteiger partial charge in [0.2, 0.25) is 0 Å². The highest BCUT2D eigenvalue weighted by Gasteiger charge is 2.24. The molecule has 0 atom stereocenters. The summed E-state index contributed by atoms with van der Waals surface area (Å²) in [6.45, 7) is 0.967. The van der Waals surface area contributed by atoms with E-state index >= 15 is 0 Å². The number of benzene rings is 2. The number of ether oxygens (including phenoxy) is 2. The maximum atomic E-state index is 12.4. The third-order valence-corrected chi connectivity index (χ3v) is 10.4. The van der Waals surface area contributed by atoms with Gasteiger partial charge in [-0.15, -0.1) is 0 Å². The van der Waals surface area contributed by atoms with Gasteiger partial charge in [0.05, 0.1) is 27.4 Å². The summed E-state index contributed by atoms with van der Waals surface area (Å²) in [6, 6.07) is 12.5. The van der Waals surface area contributed by atoms with Crippen molar-refractivity contribution in [3.05, 3.63) is 49.1 Å². The van der Waals surface area contributed by atoms with Crippen LogP contribution in [0.1, 0.15) is 64.2 Å². The first-order chi connectivity index (χ1) is 22.6. The van der Waals surface area contributed by atoms with Crippen molar-refractivity contribution in [2.75, 3.05) is 38.1 Å². The summed E-state index contributed by atoms with van der Waals surface area (Å²) in [5.74, 6) is 4.35. The summed E-state index contributed by atoms with van der Waals surface area (Å²) in [7, 11) is 0.850. The van der Waals surface area contributed by atoms with Crippen LogP contribution >= 0.6 is 8.25 Å². The molecule has 0 saturated heterocycles. The van der Waals surface area contributed by atoms with Crippen molar-refractivity contribution in [2.45, 2.75) is 76.3 Å². The molecule has 2 aliphatic rings. The van der Waals surface area contributed by atoms with Crippen molar-refractivity contribution in [1.29, 1.82) is 0 Å². The van der Waals surface area contributed by atoms with Crippen molar-refractivity contribution in [3.8, 4) is 11.5 Å². The highest BCUT2D eigenvalue weighted by Crippen LogP contribution is 2.35. The fraction of sp³-hybridized carbons (Fsp3) is 0.529. The van der Waals surface area contributed by atoms with Crippen LogP contribution in [-0.2, 0) is 13.6 Å². The molecule has 12 heteroatoms. The number of hydrogen-bond acceptors (Lipinski definition) is 11. The first-order valence-electron chi connectivity index (χ1n) is 16.5. The summed E-state index contributed by atoms with van der Waals surface area (Å²) in [6.07, 6.45) is 13.7. The Balaban J connectivity index is 0.843. The molecule has 246 valence electrons. The van der Waals surface area contributed by atoms with Gasteiger partial charge in [0.1, 0.15) is 46.8 Å². The summed E-state index contributed by atoms with van der Waals surface area (Å²) < 4.78 is 34.6. The van der Waals surface area contributed by atoms with Gasteiger partial charge < -0.3 is 29.2 Å². The van der Waals surface area contributed by atoms with Crippen LogP contribution in [0.2, 0.25) is 0 Å². The molecule has 0 spiro atoms. The molecule has 2 aromatic carbocycles. The van der Waals surface area contributed by atoms with E-state index < -0.39 is 8.25 Å². The summed E-state index contributed by atoms with van der Waals surface area (Å²) >= 11 is 0. The first kappa shape index (κ1) is 32.4. The molecule has 2 fully saturated rings. The molecular weight excluding hydrogens is 603 g/mol. The van der Waals surface area contributed by atoms with E-state index in [9.17, 15) is 4.57 Å². The second kappa shape index (κ2) is 15.8. The minimum Gasteiger partial charge on any atom is -0.494 e. The van der Waals surface area contributed by atoms with Crippen molar-refractivity contribution in [3.63, 3.8) is 0 Å². The molecule has 2 saturated carbocycles. The fourth-order valence-corrected chi connectivity index (χ4v) is 7.57. The van der Waals surface area contributed by atoms with Crippen LogP contribution in [-0.4, -0.2) is 59.5 Å². The molecular formula is C34H45N6O5P. The highest BCUT2D eigenvalue weighted by atomic mass is 31.1. The number of nitrogens with zero attached hydrogens (tertiary/aromatic N) is 4. The van der Waals surface area contributed by atoms with Gasteiger partial charge in [-0.1, -0.05) is 12.1 Å². The van der Waals surface area contributed by atoms with Crippen molar-refractivity contribution in [1.82, 2.24) is 19.9 Å². The standard InChI is InChI=1S/C34H45N6O5P/c1-42-29-7-3-5-27-31(29)35-21-37-33(27)39-25-13-9-23(10-14-25)17-19-44-46(41)45-20-18-24-11-15-26(16-12-24)40-34-28-6-4-8-30(43-2)32(28)36-22-38-34/h3-8,21-26,46H,9-20H2,1-2H3,(H,35,37,39)(H,36,38,40). The van der Waals surface area contributed by atoms with Gasteiger partial charge in [-0.25, -0.2) is 19.9 Å². The zero-order valence-corrected chi connectivity index (χ0v) is 27.7. The van der Waals surface area contributed by atoms with Gasteiger partial charge in [0, 0.05) is 22.9 Å². The smallest absolute Gasteiger partial charge is 0.319 e. The Morgan fingerprint density at radius 2 is 1.09 bits per heavy atom. The van der Waals surface area contributed by atoms with Crippen molar-refractivity contribution in [2.24, 2.45) is 11.8 Å². The number of rotatable bonds is 14. The predicted molar refractivity (Wildman–Crippen MR) is 181 cm³/mol. The van der Waals surface area contributed by atoms with E-state index in [4.69, 9.17) is 18.5 Å². The van der Waals surface area contributed by atoms with E-state index in [1.807, 2.05) is 36.4 Å². The van der Waals surface area contributed by atoms with Crippen LogP contribution in [0.5, 0.6) is 11.5 Å². The van der Waals surface area contributed by atoms with Gasteiger partial charge in [-0.05, 0) is 100 Å². The molecule has 6 rings (SSSR count). The van der Waals surface area contributed by atoms with E-state index in [-0.39, 0.29) is 0 Å². The van der Waals surface area contributed by atoms with Crippen LogP contribution in [0.25, 0.3) is 21.8 Å². The maximum Gasteiger partial charge on any atom is 0.319 e. The van der Waals surface area contributed by atoms with Crippen LogP contribution in [0.3, 0.4) is 0 Å². The Labute approximate surface area is 271 Å². The lowest BCUT2D eigenvalue weighted by Crippen LogP contribution is -2.27. The van der Waals surface area contributed by atoms with Crippen LogP contribution in [0, 0.1) is 11.8 Å². The quantitative estimate of drug-likeness (QED) is 0.132. The number of fused-ring (bicyclic) bond motifs is 2. The molecule has 0 aliphatic heterocycles. The zero-order chi connectivity index (χ0) is 31.7. The molecule has 0 radical (unpaired) electrons. The second-order valence-corrected chi connectivity index (χ2v) is 13.5. The molecule has 0 unspecified atom stereocenters. The lowest BCUT2D eigenvalue weighted by molar-refractivity contribution is 0.185. The van der Waals surface area contributed by atoms with Crippen LogP contribution in [0.15, 0.2) is 49.1 Å². The van der Waals surface area contributed by atoms with Crippen molar-refractivity contribution >= 4 is 41.7 Å². The van der Waals surface area contributed by atoms with E-state index in [2.05, 4.69) is 30.6 Å². The number of nitrogens with one attached hydrogen (secondary N) is 2. The molecule has 2 heterocycles. The SMILES string of the molecule is COc1cccc2c(NC3CCC(CCO[PH](=O)OCCC4CCC(Nc5ncnc6c(OC)cccc56)CC4)CC3)ncnc12. The Kier molecular flexibility index (Phi) is 11.2. The average Bonchev–Trinajstić information content (AvgIpc) is 3.09. The lowest BCUT2D eigenvalue weighted by Gasteiger charge is -2.30. The molecule has 2 aromatic heterocycles. The zero-order valence-electron chi connectivity index (χ0n) is 26.7. The van der Waals surface area contributed by atoms with E-state index in [1.165, 1.54) is 0 Å². The van der Waals surface area contributed by atoms with Crippen LogP contribution in [0.4, 0.5) is 11.6 Å². The Morgan fingerprint density at radius 1 is 0.652 bits per heavy atom. The number of aromatic nitrogens is 4. The highest BCUT2D eigenvalue weighted by molar-refractivity contribution is 7.33. The van der Waals surface area contributed by atoms with E-state index in [0.29, 0.717) is 37.1 Å². The van der Waals surface area contributed by atoms with Crippen molar-refractivity contribution < 1.29 is 23.1 Å². The van der Waals surface area contributed by atoms with Gasteiger partial charge in [-0.3, -0.25) is 4.57 Å². The molecule has 0 amide bonds. The monoisotopic (exact) mass is 648 g/mol. The largest absolute Gasteiger partial charge is 0.494 e. The topological polar surface area (TPSA) is 130 Å². The first-order valence-corrected chi connectivity index (χ1v) is 17.7.